The maximum absolute atomic E-state index is 12.9. The summed E-state index contributed by atoms with van der Waals surface area (Å²) < 4.78 is 17.3. The molecule has 0 aromatic heterocycles. The second kappa shape index (κ2) is 8.99. The Hall–Kier alpha value is -2.34. The van der Waals surface area contributed by atoms with Crippen molar-refractivity contribution in [2.24, 2.45) is 15.3 Å². The Kier molecular flexibility index (Phi) is 6.63. The van der Waals surface area contributed by atoms with E-state index in [1.165, 1.54) is 12.8 Å². The van der Waals surface area contributed by atoms with Crippen molar-refractivity contribution in [3.63, 3.8) is 0 Å². The standard InChI is InChI=1S/C23H32N4OS/c1-6-27(4)16-24-22-13-18(3)23(14-17(22)2)26-20-9-11-21(12-10-20)29(5,28)25-15-19-7-8-19/h9-14,16,19,26H,6-8,15H2,1-5H3. The van der Waals surface area contributed by atoms with Crippen molar-refractivity contribution < 1.29 is 4.21 Å². The lowest BCUT2D eigenvalue weighted by atomic mass is 10.1. The Bertz CT molecular complexity index is 1000. The number of hydrogen-bond donors (Lipinski definition) is 1. The number of aliphatic imine (C=N–C) groups is 1. The molecule has 1 unspecified atom stereocenters. The quantitative estimate of drug-likeness (QED) is 0.458. The monoisotopic (exact) mass is 412 g/mol. The van der Waals surface area contributed by atoms with Crippen molar-refractivity contribution in [2.45, 2.75) is 38.5 Å². The van der Waals surface area contributed by atoms with Gasteiger partial charge in [0.05, 0.1) is 28.3 Å². The number of anilines is 2. The molecular formula is C23H32N4OS. The summed E-state index contributed by atoms with van der Waals surface area (Å²) in [7, 11) is -0.301. The zero-order valence-electron chi connectivity index (χ0n) is 18.1. The van der Waals surface area contributed by atoms with Crippen LogP contribution in [-0.2, 0) is 9.73 Å². The Labute approximate surface area is 175 Å². The molecule has 1 fully saturated rings. The summed E-state index contributed by atoms with van der Waals surface area (Å²) in [5.74, 6) is 0.651. The predicted octanol–water partition coefficient (Wildman–Crippen LogP) is 5.53. The van der Waals surface area contributed by atoms with Crippen LogP contribution in [0.25, 0.3) is 0 Å². The number of rotatable bonds is 8. The molecule has 156 valence electrons. The van der Waals surface area contributed by atoms with Crippen LogP contribution in [0, 0.1) is 19.8 Å². The van der Waals surface area contributed by atoms with E-state index in [0.29, 0.717) is 5.92 Å². The summed E-state index contributed by atoms with van der Waals surface area (Å²) in [6.07, 6.45) is 6.05. The molecule has 1 aliphatic rings. The molecule has 29 heavy (non-hydrogen) atoms. The molecule has 1 saturated carbocycles. The first kappa shape index (κ1) is 21.4. The maximum atomic E-state index is 12.9. The van der Waals surface area contributed by atoms with Gasteiger partial charge in [0.25, 0.3) is 0 Å². The first-order valence-electron chi connectivity index (χ1n) is 10.2. The van der Waals surface area contributed by atoms with E-state index in [-0.39, 0.29) is 0 Å². The Balaban J connectivity index is 1.74. The summed E-state index contributed by atoms with van der Waals surface area (Å²) in [6, 6.07) is 12.0. The maximum Gasteiger partial charge on any atom is 0.0909 e. The van der Waals surface area contributed by atoms with Gasteiger partial charge in [0.1, 0.15) is 0 Å². The van der Waals surface area contributed by atoms with Gasteiger partial charge in [-0.3, -0.25) is 0 Å². The van der Waals surface area contributed by atoms with Crippen LogP contribution in [0.3, 0.4) is 0 Å². The van der Waals surface area contributed by atoms with Crippen molar-refractivity contribution in [3.05, 3.63) is 47.5 Å². The van der Waals surface area contributed by atoms with Crippen LogP contribution in [0.2, 0.25) is 0 Å². The van der Waals surface area contributed by atoms with Gasteiger partial charge in [-0.15, -0.1) is 0 Å². The highest BCUT2D eigenvalue weighted by molar-refractivity contribution is 7.93. The van der Waals surface area contributed by atoms with E-state index in [9.17, 15) is 4.21 Å². The summed E-state index contributed by atoms with van der Waals surface area (Å²) in [5.41, 5.74) is 5.24. The number of hydrogen-bond acceptors (Lipinski definition) is 4. The molecule has 5 nitrogen and oxygen atoms in total. The van der Waals surface area contributed by atoms with Crippen molar-refractivity contribution >= 4 is 33.1 Å². The number of aryl methyl sites for hydroxylation is 2. The van der Waals surface area contributed by atoms with Crippen molar-refractivity contribution in [1.29, 1.82) is 0 Å². The van der Waals surface area contributed by atoms with Gasteiger partial charge in [0.15, 0.2) is 0 Å². The summed E-state index contributed by atoms with van der Waals surface area (Å²) in [6.45, 7) is 7.89. The van der Waals surface area contributed by atoms with Crippen molar-refractivity contribution in [2.75, 3.05) is 31.7 Å². The summed E-state index contributed by atoms with van der Waals surface area (Å²) in [4.78, 5) is 7.43. The van der Waals surface area contributed by atoms with Crippen LogP contribution < -0.4 is 5.32 Å². The summed E-state index contributed by atoms with van der Waals surface area (Å²) >= 11 is 0. The van der Waals surface area contributed by atoms with Crippen LogP contribution in [0.15, 0.2) is 50.6 Å². The van der Waals surface area contributed by atoms with Crippen LogP contribution >= 0.6 is 0 Å². The molecule has 0 amide bonds. The third kappa shape index (κ3) is 5.82. The second-order valence-electron chi connectivity index (χ2n) is 7.98. The zero-order valence-corrected chi connectivity index (χ0v) is 18.9. The molecule has 2 aromatic carbocycles. The molecule has 6 heteroatoms. The first-order chi connectivity index (χ1) is 13.8. The molecule has 0 aliphatic heterocycles. The van der Waals surface area contributed by atoms with E-state index in [1.807, 2.05) is 42.6 Å². The van der Waals surface area contributed by atoms with Gasteiger partial charge < -0.3 is 10.2 Å². The topological polar surface area (TPSA) is 57.1 Å². The lowest BCUT2D eigenvalue weighted by Gasteiger charge is -2.14. The van der Waals surface area contributed by atoms with E-state index in [2.05, 4.69) is 47.6 Å². The molecule has 1 aliphatic carbocycles. The van der Waals surface area contributed by atoms with Gasteiger partial charge in [0.2, 0.25) is 0 Å². The molecule has 1 N–H and O–H groups in total. The number of nitrogens with one attached hydrogen (secondary N) is 1. The average Bonchev–Trinajstić information content (AvgIpc) is 3.52. The van der Waals surface area contributed by atoms with E-state index in [1.54, 1.807) is 6.26 Å². The molecule has 0 spiro atoms. The fourth-order valence-electron chi connectivity index (χ4n) is 2.89. The van der Waals surface area contributed by atoms with Crippen LogP contribution in [0.5, 0.6) is 0 Å². The molecule has 0 heterocycles. The lowest BCUT2D eigenvalue weighted by Crippen LogP contribution is -2.14. The Morgan fingerprint density at radius 2 is 1.86 bits per heavy atom. The highest BCUT2D eigenvalue weighted by Gasteiger charge is 2.21. The zero-order chi connectivity index (χ0) is 21.0. The van der Waals surface area contributed by atoms with Crippen molar-refractivity contribution in [1.82, 2.24) is 4.90 Å². The molecule has 3 rings (SSSR count). The van der Waals surface area contributed by atoms with E-state index >= 15 is 0 Å². The highest BCUT2D eigenvalue weighted by Crippen LogP contribution is 2.31. The summed E-state index contributed by atoms with van der Waals surface area (Å²) in [5, 5.41) is 3.47. The first-order valence-corrected chi connectivity index (χ1v) is 12.1. The minimum atomic E-state index is -2.31. The SMILES string of the molecule is CCN(C)C=Nc1cc(C)c(Nc2ccc(S(C)(=O)=NCC3CC3)cc2)cc1C. The van der Waals surface area contributed by atoms with Gasteiger partial charge in [-0.2, -0.15) is 0 Å². The minimum Gasteiger partial charge on any atom is -0.366 e. The number of benzene rings is 2. The highest BCUT2D eigenvalue weighted by atomic mass is 32.2. The normalized spacial score (nSPS) is 15.9. The molecule has 1 atom stereocenters. The molecular weight excluding hydrogens is 380 g/mol. The van der Waals surface area contributed by atoms with Gasteiger partial charge in [-0.25, -0.2) is 13.6 Å². The molecule has 0 bridgehead atoms. The van der Waals surface area contributed by atoms with E-state index in [4.69, 9.17) is 0 Å². The molecule has 2 aromatic rings. The van der Waals surface area contributed by atoms with Gasteiger partial charge in [-0.1, -0.05) is 0 Å². The van der Waals surface area contributed by atoms with Crippen molar-refractivity contribution in [3.8, 4) is 0 Å². The molecule has 0 saturated heterocycles. The minimum absolute atomic E-state index is 0.651. The smallest absolute Gasteiger partial charge is 0.0909 e. The number of nitrogens with zero attached hydrogens (tertiary/aromatic N) is 3. The van der Waals surface area contributed by atoms with Crippen LogP contribution in [0.1, 0.15) is 30.9 Å². The fraction of sp³-hybridized carbons (Fsp3) is 0.435. The van der Waals surface area contributed by atoms with Gasteiger partial charge >= 0.3 is 0 Å². The third-order valence-corrected chi connectivity index (χ3v) is 7.07. The fourth-order valence-corrected chi connectivity index (χ4v) is 4.17. The third-order valence-electron chi connectivity index (χ3n) is 5.28. The van der Waals surface area contributed by atoms with Crippen LogP contribution in [-0.4, -0.2) is 41.8 Å². The molecule has 0 radical (unpaired) electrons. The van der Waals surface area contributed by atoms with Gasteiger partial charge in [0, 0.05) is 36.1 Å². The van der Waals surface area contributed by atoms with Gasteiger partial charge in [-0.05, 0) is 87.1 Å². The second-order valence-corrected chi connectivity index (χ2v) is 10.3. The average molecular weight is 413 g/mol. The lowest BCUT2D eigenvalue weighted by molar-refractivity contribution is 0.552. The van der Waals surface area contributed by atoms with E-state index < -0.39 is 9.73 Å². The Morgan fingerprint density at radius 1 is 1.17 bits per heavy atom. The predicted molar refractivity (Wildman–Crippen MR) is 124 cm³/mol. The largest absolute Gasteiger partial charge is 0.366 e. The van der Waals surface area contributed by atoms with E-state index in [0.717, 1.165) is 46.2 Å². The van der Waals surface area contributed by atoms with Crippen LogP contribution in [0.4, 0.5) is 17.1 Å². The Morgan fingerprint density at radius 3 is 2.48 bits per heavy atom.